The van der Waals surface area contributed by atoms with Crippen LogP contribution in [0.15, 0.2) is 71.9 Å². The van der Waals surface area contributed by atoms with Crippen LogP contribution < -0.4 is 5.56 Å². The van der Waals surface area contributed by atoms with Crippen molar-refractivity contribution in [3.8, 4) is 11.1 Å². The second-order valence-corrected chi connectivity index (χ2v) is 7.68. The topological polar surface area (TPSA) is 49.0 Å². The van der Waals surface area contributed by atoms with Crippen LogP contribution in [0.25, 0.3) is 11.1 Å². The minimum atomic E-state index is 0.0385. The van der Waals surface area contributed by atoms with Crippen LogP contribution in [0.5, 0.6) is 0 Å². The van der Waals surface area contributed by atoms with Crippen LogP contribution >= 0.6 is 0 Å². The molecule has 0 atom stereocenters. The predicted octanol–water partition coefficient (Wildman–Crippen LogP) is 4.28. The Bertz CT molecular complexity index is 943. The minimum absolute atomic E-state index is 0.0385. The molecule has 0 aliphatic carbocycles. The standard InChI is InChI=1S/C24H27N3O/c28-24-22(7-4-14-26-24)18-27-15-11-19(12-16-27)9-10-20-5-1-2-8-23(20)21-6-3-13-25-17-21/h1-8,13-14,17,19H,9-12,15-16,18H2,(H,26,28). The van der Waals surface area contributed by atoms with Crippen LogP contribution in [0.3, 0.4) is 0 Å². The first-order valence-electron chi connectivity index (χ1n) is 10.2. The van der Waals surface area contributed by atoms with Gasteiger partial charge in [-0.25, -0.2) is 0 Å². The number of nitrogens with zero attached hydrogens (tertiary/aromatic N) is 2. The molecule has 0 unspecified atom stereocenters. The van der Waals surface area contributed by atoms with Gasteiger partial charge >= 0.3 is 0 Å². The first-order valence-corrected chi connectivity index (χ1v) is 10.2. The van der Waals surface area contributed by atoms with Gasteiger partial charge in [-0.3, -0.25) is 14.7 Å². The Morgan fingerprint density at radius 2 is 1.82 bits per heavy atom. The maximum absolute atomic E-state index is 11.9. The zero-order valence-electron chi connectivity index (χ0n) is 16.2. The summed E-state index contributed by atoms with van der Waals surface area (Å²) >= 11 is 0. The number of piperidine rings is 1. The predicted molar refractivity (Wildman–Crippen MR) is 113 cm³/mol. The maximum atomic E-state index is 11.9. The molecule has 3 aromatic rings. The third kappa shape index (κ3) is 4.57. The van der Waals surface area contributed by atoms with E-state index < -0.39 is 0 Å². The zero-order chi connectivity index (χ0) is 19.2. The van der Waals surface area contributed by atoms with E-state index in [4.69, 9.17) is 0 Å². The van der Waals surface area contributed by atoms with Crippen LogP contribution in [-0.2, 0) is 13.0 Å². The molecular formula is C24H27N3O. The number of pyridine rings is 2. The third-order valence-corrected chi connectivity index (χ3v) is 5.81. The summed E-state index contributed by atoms with van der Waals surface area (Å²) in [6, 6.07) is 16.7. The number of likely N-dealkylation sites (tertiary alicyclic amines) is 1. The molecule has 144 valence electrons. The lowest BCUT2D eigenvalue weighted by Crippen LogP contribution is -2.35. The van der Waals surface area contributed by atoms with Crippen LogP contribution in [0.1, 0.15) is 30.4 Å². The summed E-state index contributed by atoms with van der Waals surface area (Å²) in [7, 11) is 0. The van der Waals surface area contributed by atoms with Crippen molar-refractivity contribution >= 4 is 0 Å². The van der Waals surface area contributed by atoms with Crippen molar-refractivity contribution < 1.29 is 0 Å². The largest absolute Gasteiger partial charge is 0.329 e. The lowest BCUT2D eigenvalue weighted by atomic mass is 9.88. The fourth-order valence-corrected chi connectivity index (χ4v) is 4.16. The Morgan fingerprint density at radius 3 is 2.61 bits per heavy atom. The Kier molecular flexibility index (Phi) is 5.98. The van der Waals surface area contributed by atoms with Crippen molar-refractivity contribution in [3.05, 3.63) is 88.6 Å². The normalized spacial score (nSPS) is 15.6. The van der Waals surface area contributed by atoms with Gasteiger partial charge in [0.1, 0.15) is 0 Å². The Balaban J connectivity index is 1.32. The number of benzene rings is 1. The van der Waals surface area contributed by atoms with Crippen molar-refractivity contribution in [2.45, 2.75) is 32.2 Å². The molecule has 4 heteroatoms. The Hall–Kier alpha value is -2.72. The summed E-state index contributed by atoms with van der Waals surface area (Å²) in [5, 5.41) is 0. The lowest BCUT2D eigenvalue weighted by Gasteiger charge is -2.32. The number of hydrogen-bond donors (Lipinski definition) is 1. The van der Waals surface area contributed by atoms with Gasteiger partial charge in [0.25, 0.3) is 5.56 Å². The monoisotopic (exact) mass is 373 g/mol. The molecule has 0 bridgehead atoms. The summed E-state index contributed by atoms with van der Waals surface area (Å²) in [5.41, 5.74) is 4.81. The van der Waals surface area contributed by atoms with Crippen molar-refractivity contribution in [3.63, 3.8) is 0 Å². The number of aromatic nitrogens is 2. The van der Waals surface area contributed by atoms with Gasteiger partial charge in [-0.1, -0.05) is 36.4 Å². The van der Waals surface area contributed by atoms with Crippen molar-refractivity contribution in [2.75, 3.05) is 13.1 Å². The zero-order valence-corrected chi connectivity index (χ0v) is 16.2. The lowest BCUT2D eigenvalue weighted by molar-refractivity contribution is 0.172. The fraction of sp³-hybridized carbons (Fsp3) is 0.333. The van der Waals surface area contributed by atoms with Gasteiger partial charge in [0.05, 0.1) is 0 Å². The quantitative estimate of drug-likeness (QED) is 0.701. The molecule has 0 saturated carbocycles. The van der Waals surface area contributed by atoms with Gasteiger partial charge < -0.3 is 4.98 Å². The van der Waals surface area contributed by atoms with Gasteiger partial charge in [-0.15, -0.1) is 0 Å². The molecule has 4 rings (SSSR count). The van der Waals surface area contributed by atoms with Gasteiger partial charge in [-0.05, 0) is 68.0 Å². The summed E-state index contributed by atoms with van der Waals surface area (Å²) in [6.45, 7) is 2.90. The third-order valence-electron chi connectivity index (χ3n) is 5.81. The molecule has 1 aromatic carbocycles. The molecule has 0 amide bonds. The molecule has 0 spiro atoms. The van der Waals surface area contributed by atoms with E-state index in [1.807, 2.05) is 30.6 Å². The highest BCUT2D eigenvalue weighted by molar-refractivity contribution is 5.66. The molecule has 1 aliphatic rings. The van der Waals surface area contributed by atoms with E-state index in [0.717, 1.165) is 37.5 Å². The van der Waals surface area contributed by atoms with Gasteiger partial charge in [0.2, 0.25) is 0 Å². The highest BCUT2D eigenvalue weighted by Crippen LogP contribution is 2.27. The summed E-state index contributed by atoms with van der Waals surface area (Å²) in [4.78, 5) is 21.3. The van der Waals surface area contributed by atoms with Gasteiger partial charge in [0.15, 0.2) is 0 Å². The minimum Gasteiger partial charge on any atom is -0.329 e. The number of aryl methyl sites for hydroxylation is 1. The van der Waals surface area contributed by atoms with Gasteiger partial charge in [0, 0.05) is 36.3 Å². The second-order valence-electron chi connectivity index (χ2n) is 7.68. The highest BCUT2D eigenvalue weighted by atomic mass is 16.1. The van der Waals surface area contributed by atoms with Crippen molar-refractivity contribution in [1.82, 2.24) is 14.9 Å². The number of H-pyrrole nitrogens is 1. The number of rotatable bonds is 6. The van der Waals surface area contributed by atoms with Crippen LogP contribution in [0.2, 0.25) is 0 Å². The molecule has 28 heavy (non-hydrogen) atoms. The van der Waals surface area contributed by atoms with E-state index >= 15 is 0 Å². The van der Waals surface area contributed by atoms with E-state index in [-0.39, 0.29) is 5.56 Å². The maximum Gasteiger partial charge on any atom is 0.252 e. The first kappa shape index (κ1) is 18.6. The summed E-state index contributed by atoms with van der Waals surface area (Å²) < 4.78 is 0. The number of hydrogen-bond acceptors (Lipinski definition) is 3. The smallest absolute Gasteiger partial charge is 0.252 e. The average molecular weight is 374 g/mol. The summed E-state index contributed by atoms with van der Waals surface area (Å²) in [5.74, 6) is 0.757. The molecule has 3 heterocycles. The van der Waals surface area contributed by atoms with Crippen molar-refractivity contribution in [2.24, 2.45) is 5.92 Å². The second kappa shape index (κ2) is 8.98. The van der Waals surface area contributed by atoms with E-state index in [0.29, 0.717) is 0 Å². The van der Waals surface area contributed by atoms with E-state index in [1.165, 1.54) is 36.0 Å². The van der Waals surface area contributed by atoms with Crippen LogP contribution in [0, 0.1) is 5.92 Å². The molecule has 1 N–H and O–H groups in total. The molecule has 2 aromatic heterocycles. The SMILES string of the molecule is O=c1[nH]cccc1CN1CCC(CCc2ccccc2-c2cccnc2)CC1. The van der Waals surface area contributed by atoms with Gasteiger partial charge in [-0.2, -0.15) is 0 Å². The van der Waals surface area contributed by atoms with E-state index in [2.05, 4.69) is 45.2 Å². The average Bonchev–Trinajstić information content (AvgIpc) is 2.76. The Morgan fingerprint density at radius 1 is 1.00 bits per heavy atom. The number of aromatic amines is 1. The molecule has 0 radical (unpaired) electrons. The fourth-order valence-electron chi connectivity index (χ4n) is 4.16. The summed E-state index contributed by atoms with van der Waals surface area (Å²) in [6.07, 6.45) is 10.2. The molecule has 1 saturated heterocycles. The molecular weight excluding hydrogens is 346 g/mol. The molecule has 1 aliphatic heterocycles. The number of nitrogens with one attached hydrogen (secondary N) is 1. The molecule has 4 nitrogen and oxygen atoms in total. The van der Waals surface area contributed by atoms with E-state index in [9.17, 15) is 4.79 Å². The molecule has 1 fully saturated rings. The van der Waals surface area contributed by atoms with Crippen LogP contribution in [0.4, 0.5) is 0 Å². The first-order chi connectivity index (χ1) is 13.8. The van der Waals surface area contributed by atoms with Crippen molar-refractivity contribution in [1.29, 1.82) is 0 Å². The van der Waals surface area contributed by atoms with E-state index in [1.54, 1.807) is 6.20 Å². The Labute approximate surface area is 166 Å². The highest BCUT2D eigenvalue weighted by Gasteiger charge is 2.20. The van der Waals surface area contributed by atoms with Crippen LogP contribution in [-0.4, -0.2) is 28.0 Å².